The van der Waals surface area contributed by atoms with Crippen molar-refractivity contribution >= 4 is 17.7 Å². The number of unbranched alkanes of at least 4 members (excludes halogenated alkanes) is 1. The highest BCUT2D eigenvalue weighted by Crippen LogP contribution is 2.21. The molecule has 1 heterocycles. The Labute approximate surface area is 286 Å². The van der Waals surface area contributed by atoms with Crippen LogP contribution in [0.25, 0.3) is 0 Å². The molecule has 0 aliphatic heterocycles. The third kappa shape index (κ3) is 12.5. The minimum atomic E-state index is -1.42. The topological polar surface area (TPSA) is 141 Å². The molecule has 5 N–H and O–H groups in total. The summed E-state index contributed by atoms with van der Waals surface area (Å²) in [5, 5.41) is 32.2. The SMILES string of the molecule is CCCC[C@@H](NC(=O)c1ccccc1)[C@@H](O)[C@H](O)[C@H](Cc1ccccc1)NC(=O)[C@@H](CCC(CCC)CCC)NC(=O)c1cccnc1. The Kier molecular flexibility index (Phi) is 16.8. The number of nitrogens with zero attached hydrogens (tertiary/aromatic N) is 1. The molecule has 5 atom stereocenters. The molecular formula is C39H54N4O5. The van der Waals surface area contributed by atoms with Crippen LogP contribution in [0.15, 0.2) is 85.2 Å². The van der Waals surface area contributed by atoms with Crippen molar-refractivity contribution in [2.45, 2.75) is 115 Å². The van der Waals surface area contributed by atoms with Gasteiger partial charge in [0.05, 0.1) is 17.6 Å². The summed E-state index contributed by atoms with van der Waals surface area (Å²) >= 11 is 0. The highest BCUT2D eigenvalue weighted by atomic mass is 16.3. The molecule has 9 heteroatoms. The predicted octanol–water partition coefficient (Wildman–Crippen LogP) is 5.61. The summed E-state index contributed by atoms with van der Waals surface area (Å²) in [6.45, 7) is 6.31. The molecule has 0 unspecified atom stereocenters. The molecule has 48 heavy (non-hydrogen) atoms. The number of carbonyl (C=O) groups is 3. The van der Waals surface area contributed by atoms with Gasteiger partial charge in [-0.05, 0) is 61.4 Å². The summed E-state index contributed by atoms with van der Waals surface area (Å²) in [4.78, 5) is 44.4. The van der Waals surface area contributed by atoms with Gasteiger partial charge in [0.1, 0.15) is 18.2 Å². The van der Waals surface area contributed by atoms with Gasteiger partial charge in [0.25, 0.3) is 11.8 Å². The van der Waals surface area contributed by atoms with Crippen molar-refractivity contribution in [3.8, 4) is 0 Å². The van der Waals surface area contributed by atoms with Crippen LogP contribution >= 0.6 is 0 Å². The van der Waals surface area contributed by atoms with Gasteiger partial charge < -0.3 is 26.2 Å². The average molecular weight is 659 g/mol. The lowest BCUT2D eigenvalue weighted by Crippen LogP contribution is -2.59. The Balaban J connectivity index is 1.87. The van der Waals surface area contributed by atoms with E-state index in [2.05, 4.69) is 34.8 Å². The normalized spacial score (nSPS) is 14.4. The zero-order valence-corrected chi connectivity index (χ0v) is 28.7. The van der Waals surface area contributed by atoms with Crippen molar-refractivity contribution in [1.82, 2.24) is 20.9 Å². The van der Waals surface area contributed by atoms with Crippen molar-refractivity contribution in [1.29, 1.82) is 0 Å². The van der Waals surface area contributed by atoms with Gasteiger partial charge in [-0.25, -0.2) is 0 Å². The maximum Gasteiger partial charge on any atom is 0.253 e. The maximum absolute atomic E-state index is 14.1. The Hall–Kier alpha value is -4.08. The first kappa shape index (κ1) is 38.4. The minimum Gasteiger partial charge on any atom is -0.388 e. The fraction of sp³-hybridized carbons (Fsp3) is 0.487. The lowest BCUT2D eigenvalue weighted by atomic mass is 9.90. The average Bonchev–Trinajstić information content (AvgIpc) is 3.11. The molecule has 0 saturated heterocycles. The van der Waals surface area contributed by atoms with Gasteiger partial charge in [0.2, 0.25) is 5.91 Å². The summed E-state index contributed by atoms with van der Waals surface area (Å²) < 4.78 is 0. The molecule has 0 aliphatic carbocycles. The number of hydrogen-bond donors (Lipinski definition) is 5. The van der Waals surface area contributed by atoms with Gasteiger partial charge in [0.15, 0.2) is 0 Å². The number of benzene rings is 2. The number of aromatic nitrogens is 1. The van der Waals surface area contributed by atoms with E-state index in [4.69, 9.17) is 0 Å². The van der Waals surface area contributed by atoms with E-state index in [-0.39, 0.29) is 12.3 Å². The molecule has 260 valence electrons. The number of amides is 3. The van der Waals surface area contributed by atoms with Crippen LogP contribution in [0.2, 0.25) is 0 Å². The van der Waals surface area contributed by atoms with Gasteiger partial charge in [-0.3, -0.25) is 19.4 Å². The molecule has 9 nitrogen and oxygen atoms in total. The Morgan fingerprint density at radius 3 is 1.85 bits per heavy atom. The van der Waals surface area contributed by atoms with Crippen LogP contribution < -0.4 is 16.0 Å². The van der Waals surface area contributed by atoms with E-state index in [1.165, 1.54) is 6.20 Å². The van der Waals surface area contributed by atoms with Gasteiger partial charge in [-0.15, -0.1) is 0 Å². The second kappa shape index (κ2) is 21.0. The smallest absolute Gasteiger partial charge is 0.253 e. The third-order valence-electron chi connectivity index (χ3n) is 8.82. The molecule has 0 radical (unpaired) electrons. The van der Waals surface area contributed by atoms with Crippen LogP contribution in [-0.2, 0) is 11.2 Å². The molecule has 0 aliphatic rings. The number of aliphatic hydroxyl groups excluding tert-OH is 2. The summed E-state index contributed by atoms with van der Waals surface area (Å²) in [5.41, 5.74) is 1.65. The zero-order valence-electron chi connectivity index (χ0n) is 28.7. The first-order chi connectivity index (χ1) is 23.3. The van der Waals surface area contributed by atoms with E-state index in [1.54, 1.807) is 42.6 Å². The van der Waals surface area contributed by atoms with Gasteiger partial charge >= 0.3 is 0 Å². The summed E-state index contributed by atoms with van der Waals surface area (Å²) in [5.74, 6) is -0.775. The monoisotopic (exact) mass is 658 g/mol. The zero-order chi connectivity index (χ0) is 34.7. The predicted molar refractivity (Wildman–Crippen MR) is 189 cm³/mol. The molecule has 3 aromatic rings. The first-order valence-corrected chi connectivity index (χ1v) is 17.5. The van der Waals surface area contributed by atoms with Crippen molar-refractivity contribution in [3.63, 3.8) is 0 Å². The van der Waals surface area contributed by atoms with Gasteiger partial charge in [-0.2, -0.15) is 0 Å². The fourth-order valence-corrected chi connectivity index (χ4v) is 6.14. The second-order valence-electron chi connectivity index (χ2n) is 12.7. The highest BCUT2D eigenvalue weighted by Gasteiger charge is 2.35. The second-order valence-corrected chi connectivity index (χ2v) is 12.7. The van der Waals surface area contributed by atoms with Crippen molar-refractivity contribution in [2.75, 3.05) is 0 Å². The minimum absolute atomic E-state index is 0.232. The number of nitrogens with one attached hydrogen (secondary N) is 3. The number of aliphatic hydroxyl groups is 2. The van der Waals surface area contributed by atoms with Crippen LogP contribution in [-0.4, -0.2) is 63.3 Å². The number of pyridine rings is 1. The molecule has 0 bridgehead atoms. The third-order valence-corrected chi connectivity index (χ3v) is 8.82. The van der Waals surface area contributed by atoms with Crippen LogP contribution in [0, 0.1) is 5.92 Å². The number of hydrogen-bond acceptors (Lipinski definition) is 6. The van der Waals surface area contributed by atoms with Crippen LogP contribution in [0.5, 0.6) is 0 Å². The lowest BCUT2D eigenvalue weighted by molar-refractivity contribution is -0.125. The summed E-state index contributed by atoms with van der Waals surface area (Å²) in [7, 11) is 0. The maximum atomic E-state index is 14.1. The summed E-state index contributed by atoms with van der Waals surface area (Å²) in [6, 6.07) is 18.9. The highest BCUT2D eigenvalue weighted by molar-refractivity contribution is 5.97. The molecule has 3 rings (SSSR count). The van der Waals surface area contributed by atoms with Crippen molar-refractivity contribution in [2.24, 2.45) is 5.92 Å². The van der Waals surface area contributed by atoms with Gasteiger partial charge in [0, 0.05) is 18.0 Å². The largest absolute Gasteiger partial charge is 0.388 e. The van der Waals surface area contributed by atoms with E-state index >= 15 is 0 Å². The first-order valence-electron chi connectivity index (χ1n) is 17.5. The van der Waals surface area contributed by atoms with Crippen LogP contribution in [0.1, 0.15) is 105 Å². The van der Waals surface area contributed by atoms with Crippen LogP contribution in [0.4, 0.5) is 0 Å². The van der Waals surface area contributed by atoms with E-state index in [9.17, 15) is 24.6 Å². The van der Waals surface area contributed by atoms with E-state index in [0.717, 1.165) is 50.5 Å². The summed E-state index contributed by atoms with van der Waals surface area (Å²) in [6.07, 6.45) is 7.79. The number of carbonyl (C=O) groups excluding carboxylic acids is 3. The molecule has 3 amide bonds. The van der Waals surface area contributed by atoms with Crippen molar-refractivity contribution in [3.05, 3.63) is 102 Å². The quantitative estimate of drug-likeness (QED) is 0.101. The molecule has 2 aromatic carbocycles. The molecular weight excluding hydrogens is 604 g/mol. The Bertz CT molecular complexity index is 1350. The molecule has 0 saturated carbocycles. The Morgan fingerprint density at radius 2 is 1.25 bits per heavy atom. The Morgan fingerprint density at radius 1 is 0.646 bits per heavy atom. The fourth-order valence-electron chi connectivity index (χ4n) is 6.14. The lowest BCUT2D eigenvalue weighted by Gasteiger charge is -2.34. The van der Waals surface area contributed by atoms with E-state index in [0.29, 0.717) is 29.9 Å². The van der Waals surface area contributed by atoms with E-state index < -0.39 is 42.1 Å². The van der Waals surface area contributed by atoms with Gasteiger partial charge in [-0.1, -0.05) is 108 Å². The van der Waals surface area contributed by atoms with Crippen LogP contribution in [0.3, 0.4) is 0 Å². The number of rotatable bonds is 21. The van der Waals surface area contributed by atoms with E-state index in [1.807, 2.05) is 43.3 Å². The van der Waals surface area contributed by atoms with Crippen molar-refractivity contribution < 1.29 is 24.6 Å². The molecule has 0 spiro atoms. The molecule has 0 fully saturated rings. The molecule has 1 aromatic heterocycles. The standard InChI is InChI=1S/C39H54N4O5/c1-4-7-22-32(41-37(46)30-19-12-9-13-20-30)35(44)36(45)34(26-29-17-10-8-11-18-29)43-39(48)33(24-23-28(15-5-2)16-6-3)42-38(47)31-21-14-25-40-27-31/h8-14,17-21,25,27-28,32-36,44-45H,4-7,15-16,22-24,26H2,1-3H3,(H,41,46)(H,42,47)(H,43,48)/t32-,33-,34+,35-,36-/m1/s1.